The standard InChI is InChI=1S/C19H10O3/c20-11-14-7-4-10-17(18(14)12-21)19(22)16-9-3-6-13-5-1-2-8-15(13)16/h1-10H. The van der Waals surface area contributed by atoms with Gasteiger partial charge in [-0.25, -0.2) is 0 Å². The fraction of sp³-hybridized carbons (Fsp3) is 0. The molecule has 0 amide bonds. The molecule has 3 aromatic carbocycles. The largest absolute Gasteiger partial charge is 0.289 e. The lowest BCUT2D eigenvalue weighted by molar-refractivity contribution is 0.104. The van der Waals surface area contributed by atoms with Crippen LogP contribution in [0.15, 0.2) is 60.7 Å². The molecule has 0 spiro atoms. The van der Waals surface area contributed by atoms with E-state index in [9.17, 15) is 14.4 Å². The maximum absolute atomic E-state index is 12.8. The van der Waals surface area contributed by atoms with E-state index in [1.807, 2.05) is 30.3 Å². The summed E-state index contributed by atoms with van der Waals surface area (Å²) in [5, 5.41) is 1.73. The third kappa shape index (κ3) is 2.23. The van der Waals surface area contributed by atoms with Crippen molar-refractivity contribution in [2.45, 2.75) is 0 Å². The molecule has 0 saturated carbocycles. The van der Waals surface area contributed by atoms with Crippen molar-refractivity contribution in [3.63, 3.8) is 0 Å². The lowest BCUT2D eigenvalue weighted by Gasteiger charge is -2.08. The average Bonchev–Trinajstić information content (AvgIpc) is 2.59. The van der Waals surface area contributed by atoms with E-state index in [0.717, 1.165) is 10.8 Å². The predicted octanol–water partition coefficient (Wildman–Crippen LogP) is 2.99. The third-order valence-electron chi connectivity index (χ3n) is 3.56. The van der Waals surface area contributed by atoms with Crippen LogP contribution in [0.2, 0.25) is 0 Å². The zero-order valence-electron chi connectivity index (χ0n) is 11.5. The second kappa shape index (κ2) is 5.74. The first kappa shape index (κ1) is 13.9. The van der Waals surface area contributed by atoms with Gasteiger partial charge in [-0.15, -0.1) is 0 Å². The van der Waals surface area contributed by atoms with Crippen molar-refractivity contribution in [3.8, 4) is 0 Å². The molecule has 3 rings (SSSR count). The van der Waals surface area contributed by atoms with Crippen LogP contribution in [-0.4, -0.2) is 18.4 Å². The Morgan fingerprint density at radius 3 is 2.18 bits per heavy atom. The van der Waals surface area contributed by atoms with Gasteiger partial charge in [0.15, 0.2) is 5.78 Å². The van der Waals surface area contributed by atoms with E-state index in [0.29, 0.717) is 5.56 Å². The summed E-state index contributed by atoms with van der Waals surface area (Å²) in [4.78, 5) is 34.8. The highest BCUT2D eigenvalue weighted by molar-refractivity contribution is 6.19. The zero-order chi connectivity index (χ0) is 15.5. The maximum atomic E-state index is 12.8. The Morgan fingerprint density at radius 1 is 0.727 bits per heavy atom. The van der Waals surface area contributed by atoms with Crippen LogP contribution in [0.5, 0.6) is 0 Å². The van der Waals surface area contributed by atoms with E-state index in [1.165, 1.54) is 12.1 Å². The first-order valence-electron chi connectivity index (χ1n) is 6.68. The van der Waals surface area contributed by atoms with Crippen LogP contribution in [0.1, 0.15) is 27.0 Å². The minimum absolute atomic E-state index is 0.0427. The Hall–Kier alpha value is -3.07. The molecule has 3 nitrogen and oxygen atoms in total. The molecule has 0 aromatic heterocycles. The highest BCUT2D eigenvalue weighted by Gasteiger charge is 2.18. The monoisotopic (exact) mass is 286 g/mol. The lowest BCUT2D eigenvalue weighted by Crippen LogP contribution is -2.08. The fourth-order valence-corrected chi connectivity index (χ4v) is 2.51. The van der Waals surface area contributed by atoms with E-state index < -0.39 is 0 Å². The van der Waals surface area contributed by atoms with Crippen molar-refractivity contribution in [1.82, 2.24) is 0 Å². The fourth-order valence-electron chi connectivity index (χ4n) is 2.51. The molecular weight excluding hydrogens is 276 g/mol. The van der Waals surface area contributed by atoms with Crippen LogP contribution in [0.25, 0.3) is 10.8 Å². The summed E-state index contributed by atoms with van der Waals surface area (Å²) in [6, 6.07) is 17.4. The summed E-state index contributed by atoms with van der Waals surface area (Å²) in [5.74, 6) is -0.313. The van der Waals surface area contributed by atoms with Crippen molar-refractivity contribution in [2.24, 2.45) is 0 Å². The number of carbonyl (C=O) groups excluding carboxylic acids is 3. The van der Waals surface area contributed by atoms with Gasteiger partial charge in [0.05, 0.1) is 0 Å². The van der Waals surface area contributed by atoms with Gasteiger partial charge in [0, 0.05) is 22.3 Å². The molecule has 0 aliphatic heterocycles. The maximum Gasteiger partial charge on any atom is 0.235 e. The van der Waals surface area contributed by atoms with Gasteiger partial charge in [0.1, 0.15) is 0 Å². The second-order valence-corrected chi connectivity index (χ2v) is 4.79. The van der Waals surface area contributed by atoms with Crippen molar-refractivity contribution in [2.75, 3.05) is 0 Å². The number of benzene rings is 3. The van der Waals surface area contributed by atoms with E-state index in [4.69, 9.17) is 0 Å². The van der Waals surface area contributed by atoms with Crippen LogP contribution in [0.3, 0.4) is 0 Å². The molecule has 0 heterocycles. The first-order valence-corrected chi connectivity index (χ1v) is 6.68. The van der Waals surface area contributed by atoms with Gasteiger partial charge < -0.3 is 0 Å². The molecule has 3 heteroatoms. The molecule has 104 valence electrons. The smallest absolute Gasteiger partial charge is 0.235 e. The van der Waals surface area contributed by atoms with Crippen LogP contribution in [0, 0.1) is 0 Å². The lowest BCUT2D eigenvalue weighted by atomic mass is 9.93. The minimum atomic E-state index is -0.313. The molecule has 2 radical (unpaired) electrons. The number of fused-ring (bicyclic) bond motifs is 1. The molecule has 0 aliphatic rings. The molecule has 0 bridgehead atoms. The van der Waals surface area contributed by atoms with Crippen molar-refractivity contribution in [1.29, 1.82) is 0 Å². The highest BCUT2D eigenvalue weighted by Crippen LogP contribution is 2.23. The second-order valence-electron chi connectivity index (χ2n) is 4.79. The van der Waals surface area contributed by atoms with E-state index in [-0.39, 0.29) is 22.5 Å². The third-order valence-corrected chi connectivity index (χ3v) is 3.56. The number of hydrogen-bond donors (Lipinski definition) is 0. The normalized spacial score (nSPS) is 10.4. The molecule has 22 heavy (non-hydrogen) atoms. The average molecular weight is 286 g/mol. The van der Waals surface area contributed by atoms with Gasteiger partial charge >= 0.3 is 0 Å². The summed E-state index contributed by atoms with van der Waals surface area (Å²) in [6.45, 7) is 0. The zero-order valence-corrected chi connectivity index (χ0v) is 11.5. The van der Waals surface area contributed by atoms with Crippen molar-refractivity contribution < 1.29 is 14.4 Å². The highest BCUT2D eigenvalue weighted by atomic mass is 16.1. The summed E-state index contributed by atoms with van der Waals surface area (Å²) in [5.41, 5.74) is 0.640. The molecule has 0 aliphatic carbocycles. The quantitative estimate of drug-likeness (QED) is 0.693. The number of hydrogen-bond acceptors (Lipinski definition) is 3. The van der Waals surface area contributed by atoms with Gasteiger partial charge in [-0.05, 0) is 10.8 Å². The Morgan fingerprint density at radius 2 is 1.41 bits per heavy atom. The van der Waals surface area contributed by atoms with Crippen LogP contribution in [-0.2, 0) is 9.59 Å². The molecule has 0 atom stereocenters. The summed E-state index contributed by atoms with van der Waals surface area (Å²) < 4.78 is 0. The number of carbonyl (C=O) groups is 1. The SMILES string of the molecule is O=[C]c1cccc(C(=O)c2cccc3ccccc23)c1[C]=O. The van der Waals surface area contributed by atoms with Crippen LogP contribution < -0.4 is 0 Å². The van der Waals surface area contributed by atoms with Crippen molar-refractivity contribution >= 4 is 29.1 Å². The van der Waals surface area contributed by atoms with E-state index in [2.05, 4.69) is 0 Å². The van der Waals surface area contributed by atoms with Gasteiger partial charge in [0.25, 0.3) is 0 Å². The molecule has 0 unspecified atom stereocenters. The molecule has 3 aromatic rings. The predicted molar refractivity (Wildman–Crippen MR) is 83.4 cm³/mol. The first-order chi connectivity index (χ1) is 10.8. The molecule has 0 saturated heterocycles. The van der Waals surface area contributed by atoms with Gasteiger partial charge in [-0.3, -0.25) is 14.4 Å². The summed E-state index contributed by atoms with van der Waals surface area (Å²) >= 11 is 0. The summed E-state index contributed by atoms with van der Waals surface area (Å²) in [6.07, 6.45) is 3.35. The number of ketones is 1. The Balaban J connectivity index is 2.23. The molecule has 0 N–H and O–H groups in total. The van der Waals surface area contributed by atoms with Crippen LogP contribution in [0.4, 0.5) is 0 Å². The van der Waals surface area contributed by atoms with Crippen molar-refractivity contribution in [3.05, 3.63) is 82.9 Å². The summed E-state index contributed by atoms with van der Waals surface area (Å²) in [7, 11) is 0. The van der Waals surface area contributed by atoms with E-state index >= 15 is 0 Å². The minimum Gasteiger partial charge on any atom is -0.289 e. The van der Waals surface area contributed by atoms with Gasteiger partial charge in [-0.1, -0.05) is 60.7 Å². The van der Waals surface area contributed by atoms with Gasteiger partial charge in [0.2, 0.25) is 12.6 Å². The molecule has 0 fully saturated rings. The Bertz CT molecular complexity index is 889. The van der Waals surface area contributed by atoms with Gasteiger partial charge in [-0.2, -0.15) is 0 Å². The molecular formula is C19H10O3. The van der Waals surface area contributed by atoms with E-state index in [1.54, 1.807) is 30.8 Å². The Kier molecular flexibility index (Phi) is 3.62. The topological polar surface area (TPSA) is 51.2 Å². The Labute approximate surface area is 127 Å². The number of rotatable bonds is 4. The van der Waals surface area contributed by atoms with Crippen LogP contribution >= 0.6 is 0 Å².